The molecule has 1 heterocycles. The van der Waals surface area contributed by atoms with Crippen LogP contribution in [-0.2, 0) is 4.74 Å². The van der Waals surface area contributed by atoms with Crippen molar-refractivity contribution in [3.8, 4) is 0 Å². The highest BCUT2D eigenvalue weighted by Crippen LogP contribution is 2.48. The van der Waals surface area contributed by atoms with Gasteiger partial charge in [-0.05, 0) is 123 Å². The minimum absolute atomic E-state index is 0.472. The smallest absolute Gasteiger partial charge is 0.421 e. The van der Waals surface area contributed by atoms with Gasteiger partial charge >= 0.3 is 6.09 Å². The number of anilines is 6. The van der Waals surface area contributed by atoms with Gasteiger partial charge in [0.15, 0.2) is 0 Å². The van der Waals surface area contributed by atoms with Crippen LogP contribution in [0.25, 0.3) is 64.6 Å². The topological polar surface area (TPSA) is 37.7 Å². The van der Waals surface area contributed by atoms with Crippen molar-refractivity contribution in [1.82, 2.24) is 4.57 Å². The lowest BCUT2D eigenvalue weighted by Gasteiger charge is -2.32. The molecule has 5 nitrogen and oxygen atoms in total. The van der Waals surface area contributed by atoms with Crippen molar-refractivity contribution in [2.75, 3.05) is 9.80 Å². The van der Waals surface area contributed by atoms with Crippen molar-refractivity contribution in [1.29, 1.82) is 0 Å². The molecule has 0 amide bonds. The third kappa shape index (κ3) is 5.27. The average molecular weight is 750 g/mol. The lowest BCUT2D eigenvalue weighted by atomic mass is 9.93. The Morgan fingerprint density at radius 1 is 0.414 bits per heavy atom. The van der Waals surface area contributed by atoms with E-state index in [-0.39, 0.29) is 0 Å². The third-order valence-electron chi connectivity index (χ3n) is 11.4. The molecule has 0 fully saturated rings. The third-order valence-corrected chi connectivity index (χ3v) is 11.4. The zero-order chi connectivity index (χ0) is 39.1. The Morgan fingerprint density at radius 3 is 1.17 bits per heavy atom. The fourth-order valence-corrected chi connectivity index (χ4v) is 9.03. The lowest BCUT2D eigenvalue weighted by Crippen LogP contribution is -2.30. The molecule has 0 radical (unpaired) electrons. The summed E-state index contributed by atoms with van der Waals surface area (Å²) >= 11 is 0. The number of hydrogen-bond donors (Lipinski definition) is 0. The highest BCUT2D eigenvalue weighted by Gasteiger charge is 2.31. The monoisotopic (exact) mass is 749 g/mol. The minimum Gasteiger partial charge on any atom is -0.443 e. The van der Waals surface area contributed by atoms with Gasteiger partial charge in [-0.2, -0.15) is 0 Å². The Kier molecular flexibility index (Phi) is 7.51. The van der Waals surface area contributed by atoms with Crippen LogP contribution < -0.4 is 9.80 Å². The van der Waals surface area contributed by atoms with Gasteiger partial charge in [-0.15, -0.1) is 0 Å². The van der Waals surface area contributed by atoms with Crippen LogP contribution in [0.1, 0.15) is 20.8 Å². The Balaban J connectivity index is 1.21. The van der Waals surface area contributed by atoms with E-state index < -0.39 is 11.7 Å². The molecule has 0 atom stereocenters. The predicted octanol–water partition coefficient (Wildman–Crippen LogP) is 15.0. The van der Waals surface area contributed by atoms with Gasteiger partial charge in [0, 0.05) is 22.1 Å². The van der Waals surface area contributed by atoms with Gasteiger partial charge < -0.3 is 4.74 Å². The van der Waals surface area contributed by atoms with Gasteiger partial charge in [0.25, 0.3) is 0 Å². The maximum atomic E-state index is 15.1. The maximum absolute atomic E-state index is 15.1. The van der Waals surface area contributed by atoms with E-state index in [2.05, 4.69) is 155 Å². The molecule has 0 N–H and O–H groups in total. The van der Waals surface area contributed by atoms with Crippen LogP contribution in [0.3, 0.4) is 0 Å². The number of carbonyl (C=O) groups excluding carboxylic acids is 1. The Hall–Kier alpha value is -7.37. The summed E-state index contributed by atoms with van der Waals surface area (Å²) in [6.45, 7) is 5.75. The van der Waals surface area contributed by atoms with Crippen LogP contribution in [0.15, 0.2) is 182 Å². The van der Waals surface area contributed by atoms with E-state index in [0.717, 1.165) is 33.5 Å². The number of benzene rings is 10. The maximum Gasteiger partial charge on any atom is 0.421 e. The first-order valence-electron chi connectivity index (χ1n) is 19.8. The van der Waals surface area contributed by atoms with Gasteiger partial charge in [0.05, 0.1) is 11.4 Å². The van der Waals surface area contributed by atoms with E-state index in [1.165, 1.54) is 53.9 Å². The Morgan fingerprint density at radius 2 is 0.776 bits per heavy atom. The van der Waals surface area contributed by atoms with E-state index in [4.69, 9.17) is 4.74 Å². The number of rotatable bonds is 6. The number of nitrogens with zero attached hydrogens (tertiary/aromatic N) is 3. The Bertz CT molecular complexity index is 3090. The van der Waals surface area contributed by atoms with Crippen LogP contribution in [-0.4, -0.2) is 16.3 Å². The first-order valence-corrected chi connectivity index (χ1v) is 19.8. The van der Waals surface area contributed by atoms with Gasteiger partial charge in [0.1, 0.15) is 17.2 Å². The molecular formula is C53H39N3O2. The lowest BCUT2D eigenvalue weighted by molar-refractivity contribution is 0.0543. The molecule has 1 aromatic heterocycles. The van der Waals surface area contributed by atoms with E-state index in [0.29, 0.717) is 11.6 Å². The predicted molar refractivity (Wildman–Crippen MR) is 243 cm³/mol. The van der Waals surface area contributed by atoms with E-state index in [9.17, 15) is 0 Å². The van der Waals surface area contributed by atoms with Crippen LogP contribution in [0.5, 0.6) is 0 Å². The second-order valence-corrected chi connectivity index (χ2v) is 16.1. The molecule has 11 rings (SSSR count). The highest BCUT2D eigenvalue weighted by molar-refractivity contribution is 6.27. The second kappa shape index (κ2) is 12.8. The summed E-state index contributed by atoms with van der Waals surface area (Å²) in [4.78, 5) is 19.5. The zero-order valence-electron chi connectivity index (χ0n) is 32.5. The molecule has 0 saturated carbocycles. The van der Waals surface area contributed by atoms with E-state index >= 15 is 4.79 Å². The number of hydrogen-bond acceptors (Lipinski definition) is 4. The zero-order valence-corrected chi connectivity index (χ0v) is 32.5. The molecule has 0 spiro atoms. The standard InChI is InChI=1S/C53H39N3O2/c1-53(2,3)58-52(57)56-46(54(40-16-6-4-7-17-40)44-30-26-38-22-20-34-12-10-14-36-24-28-42(44)50(38)48(34)36)32-33-47(56)55(41-18-8-5-9-19-41)45-31-27-39-23-21-35-13-11-15-37-25-29-43(45)51(39)49(35)37/h4-33H,1-3H3. The summed E-state index contributed by atoms with van der Waals surface area (Å²) in [7, 11) is 0. The molecule has 0 aliphatic rings. The molecule has 58 heavy (non-hydrogen) atoms. The van der Waals surface area contributed by atoms with Crippen molar-refractivity contribution in [3.05, 3.63) is 182 Å². The fourth-order valence-electron chi connectivity index (χ4n) is 9.03. The van der Waals surface area contributed by atoms with Crippen molar-refractivity contribution in [3.63, 3.8) is 0 Å². The molecule has 5 heteroatoms. The van der Waals surface area contributed by atoms with Crippen LogP contribution in [0.2, 0.25) is 0 Å². The van der Waals surface area contributed by atoms with Crippen LogP contribution in [0.4, 0.5) is 39.2 Å². The Labute approximate surface area is 336 Å². The molecule has 10 aromatic carbocycles. The first kappa shape index (κ1) is 33.9. The molecule has 0 saturated heterocycles. The van der Waals surface area contributed by atoms with Crippen LogP contribution >= 0.6 is 0 Å². The van der Waals surface area contributed by atoms with E-state index in [1.54, 1.807) is 4.57 Å². The first-order chi connectivity index (χ1) is 28.3. The van der Waals surface area contributed by atoms with Crippen LogP contribution in [0, 0.1) is 0 Å². The fraction of sp³-hybridized carbons (Fsp3) is 0.0755. The quantitative estimate of drug-likeness (QED) is 0.159. The van der Waals surface area contributed by atoms with Gasteiger partial charge in [-0.1, -0.05) is 133 Å². The normalized spacial score (nSPS) is 12.1. The SMILES string of the molecule is CC(C)(C)OC(=O)n1c(N(c2ccccc2)c2ccc3ccc4cccc5ccc2c3c45)ccc1N(c1ccccc1)c1ccc2ccc3cccc4ccc1c2c34. The molecule has 278 valence electrons. The second-order valence-electron chi connectivity index (χ2n) is 16.1. The molecule has 0 unspecified atom stereocenters. The summed E-state index contributed by atoms with van der Waals surface area (Å²) in [6.07, 6.45) is -0.472. The molecule has 0 aliphatic carbocycles. The minimum atomic E-state index is -0.759. The highest BCUT2D eigenvalue weighted by atomic mass is 16.6. The molecule has 0 bridgehead atoms. The average Bonchev–Trinajstić information content (AvgIpc) is 3.67. The number of para-hydroxylation sites is 2. The van der Waals surface area contributed by atoms with Crippen molar-refractivity contribution in [2.45, 2.75) is 26.4 Å². The summed E-state index contributed by atoms with van der Waals surface area (Å²) in [6, 6.07) is 64.1. The van der Waals surface area contributed by atoms with E-state index in [1.807, 2.05) is 57.2 Å². The number of aromatic nitrogens is 1. The van der Waals surface area contributed by atoms with Crippen molar-refractivity contribution >= 4 is 105 Å². The number of ether oxygens (including phenoxy) is 1. The summed E-state index contributed by atoms with van der Waals surface area (Å²) in [5, 5.41) is 14.2. The molecule has 0 aliphatic heterocycles. The van der Waals surface area contributed by atoms with Gasteiger partial charge in [-0.25, -0.2) is 9.36 Å². The molecular weight excluding hydrogens is 711 g/mol. The van der Waals surface area contributed by atoms with Crippen molar-refractivity contribution < 1.29 is 9.53 Å². The van der Waals surface area contributed by atoms with Gasteiger partial charge in [0.2, 0.25) is 0 Å². The van der Waals surface area contributed by atoms with Crippen molar-refractivity contribution in [2.24, 2.45) is 0 Å². The number of carbonyl (C=O) groups is 1. The largest absolute Gasteiger partial charge is 0.443 e. The molecule has 11 aromatic rings. The summed E-state index contributed by atoms with van der Waals surface area (Å²) < 4.78 is 8.09. The summed E-state index contributed by atoms with van der Waals surface area (Å²) in [5.41, 5.74) is 2.99. The summed E-state index contributed by atoms with van der Waals surface area (Å²) in [5.74, 6) is 1.31. The van der Waals surface area contributed by atoms with Gasteiger partial charge in [-0.3, -0.25) is 9.80 Å².